The van der Waals surface area contributed by atoms with Gasteiger partial charge in [0.2, 0.25) is 0 Å². The van der Waals surface area contributed by atoms with E-state index in [2.05, 4.69) is 138 Å². The number of hydrogen-bond acceptors (Lipinski definition) is 0. The van der Waals surface area contributed by atoms with E-state index in [9.17, 15) is 0 Å². The molecule has 13 fully saturated rings. The largest absolute Gasteiger partial charge is 0.0654 e. The molecule has 13 aliphatic rings. The van der Waals surface area contributed by atoms with Crippen LogP contribution >= 0.6 is 0 Å². The molecule has 524 valence electrons. The summed E-state index contributed by atoms with van der Waals surface area (Å²) in [6.07, 6.45) is 71.2. The van der Waals surface area contributed by atoms with Crippen molar-refractivity contribution in [3.8, 4) is 0 Å². The first-order chi connectivity index (χ1) is 41.7. The molecule has 0 aromatic heterocycles. The van der Waals surface area contributed by atoms with E-state index in [1.807, 2.05) is 0 Å². The summed E-state index contributed by atoms with van der Waals surface area (Å²) in [7, 11) is 0. The minimum atomic E-state index is 0.653. The maximum absolute atomic E-state index is 2.44. The lowest BCUT2D eigenvalue weighted by atomic mass is 9.78. The van der Waals surface area contributed by atoms with E-state index >= 15 is 0 Å². The smallest absolute Gasteiger partial charge is 0.0328 e. The second-order valence-electron chi connectivity index (χ2n) is 37.6. The van der Waals surface area contributed by atoms with Crippen molar-refractivity contribution in [1.82, 2.24) is 0 Å². The van der Waals surface area contributed by atoms with Crippen molar-refractivity contribution in [2.45, 2.75) is 447 Å². The lowest BCUT2D eigenvalue weighted by Crippen LogP contribution is -2.14. The molecule has 0 spiro atoms. The summed E-state index contributed by atoms with van der Waals surface area (Å²) in [5.41, 5.74) is 2.80. The zero-order valence-corrected chi connectivity index (χ0v) is 65.2. The van der Waals surface area contributed by atoms with Gasteiger partial charge in [-0.1, -0.05) is 350 Å². The van der Waals surface area contributed by atoms with Gasteiger partial charge in [-0.15, -0.1) is 0 Å². The maximum atomic E-state index is 2.44. The third-order valence-corrected chi connectivity index (χ3v) is 28.3. The van der Waals surface area contributed by atoms with Crippen LogP contribution in [0.1, 0.15) is 447 Å². The predicted octanol–water partition coefficient (Wildman–Crippen LogP) is 31.0. The maximum Gasteiger partial charge on any atom is -0.0328 e. The van der Waals surface area contributed by atoms with E-state index in [1.165, 1.54) is 257 Å². The molecule has 4 unspecified atom stereocenters. The molecule has 4 bridgehead atoms. The van der Waals surface area contributed by atoms with Crippen molar-refractivity contribution >= 4 is 0 Å². The van der Waals surface area contributed by atoms with Gasteiger partial charge in [0, 0.05) is 0 Å². The van der Waals surface area contributed by atoms with Gasteiger partial charge in [-0.25, -0.2) is 0 Å². The second-order valence-corrected chi connectivity index (χ2v) is 37.6. The quantitative estimate of drug-likeness (QED) is 0.257. The van der Waals surface area contributed by atoms with Crippen molar-refractivity contribution in [1.29, 1.82) is 0 Å². The summed E-state index contributed by atoms with van der Waals surface area (Å²) in [6.45, 7) is 47.4. The molecule has 13 saturated carbocycles. The molecule has 0 N–H and O–H groups in total. The normalized spacial score (nSPS) is 35.1. The molecule has 8 atom stereocenters. The Morgan fingerprint density at radius 2 is 0.750 bits per heavy atom. The van der Waals surface area contributed by atoms with E-state index in [1.54, 1.807) is 51.4 Å². The summed E-state index contributed by atoms with van der Waals surface area (Å²) < 4.78 is 0. The molecule has 0 nitrogen and oxygen atoms in total. The first kappa shape index (κ1) is 82.2. The van der Waals surface area contributed by atoms with Crippen LogP contribution in [0, 0.1) is 116 Å². The average molecular weight is 1230 g/mol. The van der Waals surface area contributed by atoms with Gasteiger partial charge >= 0.3 is 0 Å². The molecule has 0 heteroatoms. The minimum absolute atomic E-state index is 0.653. The number of fused-ring (bicyclic) bond motifs is 4. The van der Waals surface area contributed by atoms with Gasteiger partial charge in [-0.2, -0.15) is 0 Å². The molecule has 0 saturated heterocycles. The van der Waals surface area contributed by atoms with Gasteiger partial charge in [-0.05, 0) is 213 Å². The Bertz CT molecular complexity index is 1520. The highest BCUT2D eigenvalue weighted by atomic mass is 14.4. The van der Waals surface area contributed by atoms with Crippen molar-refractivity contribution in [2.75, 3.05) is 0 Å². The van der Waals surface area contributed by atoms with Crippen LogP contribution in [0.25, 0.3) is 0 Å². The van der Waals surface area contributed by atoms with E-state index in [-0.39, 0.29) is 0 Å². The van der Waals surface area contributed by atoms with Gasteiger partial charge in [0.25, 0.3) is 0 Å². The lowest BCUT2D eigenvalue weighted by molar-refractivity contribution is 0.244. The first-order valence-corrected chi connectivity index (χ1v) is 41.7. The number of rotatable bonds is 5. The number of hydrogen-bond donors (Lipinski definition) is 0. The van der Waals surface area contributed by atoms with Gasteiger partial charge in [0.1, 0.15) is 0 Å². The van der Waals surface area contributed by atoms with Crippen LogP contribution in [0.15, 0.2) is 0 Å². The van der Waals surface area contributed by atoms with Crippen molar-refractivity contribution in [3.05, 3.63) is 0 Å². The highest BCUT2D eigenvalue weighted by Gasteiger charge is 2.39. The standard InChI is InChI=1S/2C8H14.9C8H16/c1-6-4-7-2-3-8(6)5-7;1-6-7-2-3-8(6)5-4-7;1-7-5-4-6-8(7,2)3;1-7-3-5-8(2)6-4-7;1-7-4-3-5-8(2)6-7;1-8(2)6-4-3-5-7-8;1-7-5-3-4-6-8(7)2;1-7(2)8-5-3-4-6-8;2*1-3-8(2)6-4-5-7-8;1-2-5-8-6-3-4-7-8/h2*6-8H,2-5H2,1H3;7H,4-6H2,1-3H3;2*7-8H,3-6H2,1-2H3;3-7H2,1-2H3;2*7-8H,3-6H2,1-2H3;2*3-7H2,1-2H3;8H,2-7H2,1H3/t6-,7?,8?;;7-;;7-,8?;;7-,8?;;;;/m0.0.1.1..../s1. The molecule has 0 heterocycles. The highest BCUT2D eigenvalue weighted by Crippen LogP contribution is 2.50. The zero-order chi connectivity index (χ0) is 65.2. The summed E-state index contributed by atoms with van der Waals surface area (Å²) in [5.74, 6) is 16.9. The fourth-order valence-corrected chi connectivity index (χ4v) is 19.3. The molecule has 0 radical (unpaired) electrons. The molecule has 0 aromatic carbocycles. The monoisotopic (exact) mass is 1230 g/mol. The van der Waals surface area contributed by atoms with Crippen LogP contribution in [-0.2, 0) is 0 Å². The topological polar surface area (TPSA) is 0 Å². The molecule has 0 aliphatic heterocycles. The molecule has 13 rings (SSSR count). The predicted molar refractivity (Wildman–Crippen MR) is 401 cm³/mol. The molecular weight excluding hydrogens is 1060 g/mol. The van der Waals surface area contributed by atoms with Crippen LogP contribution < -0.4 is 0 Å². The van der Waals surface area contributed by atoms with E-state index < -0.39 is 0 Å². The van der Waals surface area contributed by atoms with Crippen LogP contribution in [-0.4, -0.2) is 0 Å². The van der Waals surface area contributed by atoms with Gasteiger partial charge < -0.3 is 0 Å². The third-order valence-electron chi connectivity index (χ3n) is 28.3. The van der Waals surface area contributed by atoms with Gasteiger partial charge in [-0.3, -0.25) is 0 Å². The van der Waals surface area contributed by atoms with E-state index in [0.717, 1.165) is 106 Å². The second kappa shape index (κ2) is 44.7. The van der Waals surface area contributed by atoms with Crippen molar-refractivity contribution in [3.63, 3.8) is 0 Å². The Morgan fingerprint density at radius 1 is 0.330 bits per heavy atom. The Hall–Kier alpha value is 0. The molecule has 0 amide bonds. The molecule has 13 aliphatic carbocycles. The first-order valence-electron chi connectivity index (χ1n) is 41.7. The van der Waals surface area contributed by atoms with Gasteiger partial charge in [0.15, 0.2) is 0 Å². The van der Waals surface area contributed by atoms with E-state index in [4.69, 9.17) is 0 Å². The fraction of sp³-hybridized carbons (Fsp3) is 1.00. The SMILES string of the molecule is CC(C)C1CCCC1.CC1(C)CCCCC1.CC1C2CCC1CC2.CC1CCC(C)CC1.CC1CCCC[C@H]1C.CC1CCC[C@@H](C)C1.CCC1(C)CCCC1.CCC1(C)CCCC1.CCCC1CCCC1.C[C@H]1CC2CCC1C2.C[C@H]1CCCC1(C)C. The van der Waals surface area contributed by atoms with Crippen LogP contribution in [0.5, 0.6) is 0 Å². The van der Waals surface area contributed by atoms with Gasteiger partial charge in [0.05, 0.1) is 0 Å². The Morgan fingerprint density at radius 3 is 0.977 bits per heavy atom. The third kappa shape index (κ3) is 34.6. The summed E-state index contributed by atoms with van der Waals surface area (Å²) in [6, 6.07) is 0. The zero-order valence-electron chi connectivity index (χ0n) is 65.2. The Labute approximate surface area is 559 Å². The summed E-state index contributed by atoms with van der Waals surface area (Å²) in [5, 5.41) is 0. The van der Waals surface area contributed by atoms with Crippen LogP contribution in [0.3, 0.4) is 0 Å². The summed E-state index contributed by atoms with van der Waals surface area (Å²) in [4.78, 5) is 0. The van der Waals surface area contributed by atoms with Crippen LogP contribution in [0.4, 0.5) is 0 Å². The average Bonchev–Trinajstić information content (AvgIpc) is 4.44. The highest BCUT2D eigenvalue weighted by molar-refractivity contribution is 4.89. The molecule has 88 heavy (non-hydrogen) atoms. The summed E-state index contributed by atoms with van der Waals surface area (Å²) >= 11 is 0. The molecular formula is C88H172. The fourth-order valence-electron chi connectivity index (χ4n) is 19.3. The molecule has 0 aromatic rings. The van der Waals surface area contributed by atoms with Crippen molar-refractivity contribution in [2.24, 2.45) is 116 Å². The Kier molecular flexibility index (Phi) is 41.8. The lowest BCUT2D eigenvalue weighted by Gasteiger charge is -2.28. The minimum Gasteiger partial charge on any atom is -0.0654 e. The van der Waals surface area contributed by atoms with Crippen LogP contribution in [0.2, 0.25) is 0 Å². The Balaban J connectivity index is 0.000000253. The van der Waals surface area contributed by atoms with E-state index in [0.29, 0.717) is 10.8 Å². The van der Waals surface area contributed by atoms with Crippen molar-refractivity contribution < 1.29 is 0 Å².